The highest BCUT2D eigenvalue weighted by Gasteiger charge is 2.30. The first kappa shape index (κ1) is 14.1. The number of fused-ring (bicyclic) bond motifs is 1. The number of nitrogens with zero attached hydrogens (tertiary/aromatic N) is 2. The third-order valence-electron chi connectivity index (χ3n) is 4.75. The number of imidazole rings is 1. The smallest absolute Gasteiger partial charge is 0.201 e. The Morgan fingerprint density at radius 1 is 1.35 bits per heavy atom. The van der Waals surface area contributed by atoms with E-state index in [9.17, 15) is 4.39 Å². The van der Waals surface area contributed by atoms with Crippen LogP contribution in [0, 0.1) is 21.2 Å². The zero-order chi connectivity index (χ0) is 14.4. The van der Waals surface area contributed by atoms with Gasteiger partial charge >= 0.3 is 0 Å². The van der Waals surface area contributed by atoms with Crippen LogP contribution in [0.3, 0.4) is 0 Å². The number of aromatic nitrogens is 2. The molecule has 0 bridgehead atoms. The molecule has 1 heterocycles. The summed E-state index contributed by atoms with van der Waals surface area (Å²) in [4.78, 5) is 4.42. The number of nitrogen functional groups attached to an aromatic ring is 1. The molecule has 0 amide bonds. The van der Waals surface area contributed by atoms with E-state index in [2.05, 4.69) is 23.4 Å². The molecular formula is C15H19FIN3. The minimum Gasteiger partial charge on any atom is -0.369 e. The van der Waals surface area contributed by atoms with E-state index in [1.807, 2.05) is 22.6 Å². The summed E-state index contributed by atoms with van der Waals surface area (Å²) in [7, 11) is 0. The second kappa shape index (κ2) is 5.16. The van der Waals surface area contributed by atoms with Crippen molar-refractivity contribution >= 4 is 39.6 Å². The number of nitrogens with two attached hydrogens (primary N) is 1. The molecule has 2 aromatic rings. The van der Waals surface area contributed by atoms with Crippen molar-refractivity contribution in [1.29, 1.82) is 0 Å². The van der Waals surface area contributed by atoms with Gasteiger partial charge in [-0.15, -0.1) is 0 Å². The van der Waals surface area contributed by atoms with E-state index in [1.165, 1.54) is 12.8 Å². The average molecular weight is 387 g/mol. The van der Waals surface area contributed by atoms with Crippen molar-refractivity contribution in [2.45, 2.75) is 39.2 Å². The topological polar surface area (TPSA) is 43.8 Å². The van der Waals surface area contributed by atoms with Crippen LogP contribution in [-0.2, 0) is 0 Å². The Hall–Kier alpha value is -0.850. The maximum absolute atomic E-state index is 13.9. The summed E-state index contributed by atoms with van der Waals surface area (Å²) in [5.74, 6) is 1.51. The first-order valence-corrected chi connectivity index (χ1v) is 8.19. The molecule has 1 saturated carbocycles. The number of hydrogen-bond donors (Lipinski definition) is 1. The number of halogens is 2. The van der Waals surface area contributed by atoms with E-state index in [-0.39, 0.29) is 5.82 Å². The molecule has 0 saturated heterocycles. The molecule has 3 unspecified atom stereocenters. The van der Waals surface area contributed by atoms with Gasteiger partial charge in [0.2, 0.25) is 5.95 Å². The molecule has 1 aromatic heterocycles. The molecule has 3 rings (SSSR count). The second-order valence-corrected chi connectivity index (χ2v) is 7.09. The van der Waals surface area contributed by atoms with E-state index in [4.69, 9.17) is 5.73 Å². The summed E-state index contributed by atoms with van der Waals surface area (Å²) < 4.78 is 16.5. The Kier molecular flexibility index (Phi) is 3.64. The Morgan fingerprint density at radius 2 is 2.10 bits per heavy atom. The fraction of sp³-hybridized carbons (Fsp3) is 0.533. The molecule has 1 aliphatic rings. The summed E-state index contributed by atoms with van der Waals surface area (Å²) in [6.45, 7) is 4.55. The zero-order valence-corrected chi connectivity index (χ0v) is 13.9. The standard InChI is InChI=1S/C15H19FIN3/c1-8-4-3-5-13(9(8)2)20-14-6-10(16)11(17)7-12(14)19-15(20)18/h6-9,13H,3-5H2,1-2H3,(H2,18,19). The Labute approximate surface area is 131 Å². The normalized spacial score (nSPS) is 27.1. The van der Waals surface area contributed by atoms with Crippen LogP contribution in [0.2, 0.25) is 0 Å². The SMILES string of the molecule is CC1CCCC(n2c(N)nc3cc(I)c(F)cc32)C1C. The number of hydrogen-bond acceptors (Lipinski definition) is 2. The van der Waals surface area contributed by atoms with E-state index >= 15 is 0 Å². The number of benzene rings is 1. The maximum atomic E-state index is 13.9. The highest BCUT2D eigenvalue weighted by atomic mass is 127. The average Bonchev–Trinajstić information content (AvgIpc) is 2.69. The van der Waals surface area contributed by atoms with Crippen LogP contribution in [0.5, 0.6) is 0 Å². The van der Waals surface area contributed by atoms with Crippen LogP contribution in [0.15, 0.2) is 12.1 Å². The largest absolute Gasteiger partial charge is 0.369 e. The van der Waals surface area contributed by atoms with Gasteiger partial charge in [0, 0.05) is 12.1 Å². The molecule has 1 aliphatic carbocycles. The second-order valence-electron chi connectivity index (χ2n) is 5.93. The van der Waals surface area contributed by atoms with Crippen molar-refractivity contribution in [3.05, 3.63) is 21.5 Å². The molecule has 0 spiro atoms. The van der Waals surface area contributed by atoms with Gasteiger partial charge in [0.1, 0.15) is 5.82 Å². The van der Waals surface area contributed by atoms with Gasteiger partial charge in [0.15, 0.2) is 0 Å². The van der Waals surface area contributed by atoms with Crippen LogP contribution in [0.1, 0.15) is 39.2 Å². The van der Waals surface area contributed by atoms with Crippen molar-refractivity contribution < 1.29 is 4.39 Å². The summed E-state index contributed by atoms with van der Waals surface area (Å²) >= 11 is 1.99. The fourth-order valence-electron chi connectivity index (χ4n) is 3.38. The van der Waals surface area contributed by atoms with E-state index in [0.29, 0.717) is 27.4 Å². The van der Waals surface area contributed by atoms with Gasteiger partial charge in [0.05, 0.1) is 14.6 Å². The van der Waals surface area contributed by atoms with E-state index in [1.54, 1.807) is 12.1 Å². The highest BCUT2D eigenvalue weighted by molar-refractivity contribution is 14.1. The quantitative estimate of drug-likeness (QED) is 0.739. The third kappa shape index (κ3) is 2.19. The first-order chi connectivity index (χ1) is 9.49. The van der Waals surface area contributed by atoms with Gasteiger partial charge in [-0.3, -0.25) is 0 Å². The lowest BCUT2D eigenvalue weighted by Crippen LogP contribution is -2.27. The van der Waals surface area contributed by atoms with Gasteiger partial charge in [-0.2, -0.15) is 0 Å². The Bertz CT molecular complexity index is 652. The Morgan fingerprint density at radius 3 is 2.85 bits per heavy atom. The molecular weight excluding hydrogens is 368 g/mol. The van der Waals surface area contributed by atoms with Crippen molar-refractivity contribution in [3.63, 3.8) is 0 Å². The zero-order valence-electron chi connectivity index (χ0n) is 11.7. The molecule has 0 aliphatic heterocycles. The van der Waals surface area contributed by atoms with Gasteiger partial charge in [-0.05, 0) is 46.9 Å². The fourth-order valence-corrected chi connectivity index (χ4v) is 3.83. The third-order valence-corrected chi connectivity index (χ3v) is 5.58. The molecule has 20 heavy (non-hydrogen) atoms. The van der Waals surface area contributed by atoms with Crippen molar-refractivity contribution in [2.24, 2.45) is 11.8 Å². The van der Waals surface area contributed by atoms with Crippen LogP contribution >= 0.6 is 22.6 Å². The van der Waals surface area contributed by atoms with Gasteiger partial charge in [-0.1, -0.05) is 26.7 Å². The lowest BCUT2D eigenvalue weighted by atomic mass is 9.78. The van der Waals surface area contributed by atoms with Crippen molar-refractivity contribution in [1.82, 2.24) is 9.55 Å². The number of anilines is 1. The van der Waals surface area contributed by atoms with Gasteiger partial charge < -0.3 is 10.3 Å². The molecule has 1 aromatic carbocycles. The first-order valence-electron chi connectivity index (χ1n) is 7.11. The summed E-state index contributed by atoms with van der Waals surface area (Å²) in [5, 5.41) is 0. The van der Waals surface area contributed by atoms with Gasteiger partial charge in [-0.25, -0.2) is 9.37 Å². The van der Waals surface area contributed by atoms with Crippen LogP contribution in [0.4, 0.5) is 10.3 Å². The summed E-state index contributed by atoms with van der Waals surface area (Å²) in [6.07, 6.45) is 3.55. The van der Waals surface area contributed by atoms with Crippen LogP contribution in [-0.4, -0.2) is 9.55 Å². The highest BCUT2D eigenvalue weighted by Crippen LogP contribution is 2.40. The predicted octanol–water partition coefficient (Wildman–Crippen LogP) is 4.36. The molecule has 1 fully saturated rings. The molecule has 3 atom stereocenters. The maximum Gasteiger partial charge on any atom is 0.201 e. The Balaban J connectivity index is 2.15. The summed E-state index contributed by atoms with van der Waals surface area (Å²) in [5.41, 5.74) is 7.73. The number of rotatable bonds is 1. The monoisotopic (exact) mass is 387 g/mol. The van der Waals surface area contributed by atoms with Crippen LogP contribution in [0.25, 0.3) is 11.0 Å². The van der Waals surface area contributed by atoms with Crippen molar-refractivity contribution in [2.75, 3.05) is 5.73 Å². The lowest BCUT2D eigenvalue weighted by molar-refractivity contribution is 0.191. The minimum absolute atomic E-state index is 0.198. The van der Waals surface area contributed by atoms with E-state index < -0.39 is 0 Å². The van der Waals surface area contributed by atoms with Gasteiger partial charge in [0.25, 0.3) is 0 Å². The van der Waals surface area contributed by atoms with Crippen LogP contribution < -0.4 is 5.73 Å². The van der Waals surface area contributed by atoms with E-state index in [0.717, 1.165) is 17.5 Å². The molecule has 5 heteroatoms. The predicted molar refractivity (Wildman–Crippen MR) is 88.0 cm³/mol. The molecule has 3 nitrogen and oxygen atoms in total. The molecule has 2 N–H and O–H groups in total. The lowest BCUT2D eigenvalue weighted by Gasteiger charge is -2.35. The summed E-state index contributed by atoms with van der Waals surface area (Å²) in [6, 6.07) is 3.67. The molecule has 108 valence electrons. The van der Waals surface area contributed by atoms with Crippen molar-refractivity contribution in [3.8, 4) is 0 Å². The minimum atomic E-state index is -0.198. The molecule has 0 radical (unpaired) electrons.